The summed E-state index contributed by atoms with van der Waals surface area (Å²) < 4.78 is 5.36. The molecule has 7 heteroatoms. The zero-order valence-electron chi connectivity index (χ0n) is 13.5. The lowest BCUT2D eigenvalue weighted by molar-refractivity contribution is -0.385. The molecule has 1 aromatic rings. The van der Waals surface area contributed by atoms with Crippen LogP contribution in [0, 0.1) is 10.1 Å². The summed E-state index contributed by atoms with van der Waals surface area (Å²) in [7, 11) is 0. The molecular weight excluding hydrogens is 298 g/mol. The van der Waals surface area contributed by atoms with Gasteiger partial charge in [-0.1, -0.05) is 6.08 Å². The van der Waals surface area contributed by atoms with E-state index in [0.717, 1.165) is 5.57 Å². The fourth-order valence-electron chi connectivity index (χ4n) is 2.39. The Morgan fingerprint density at radius 2 is 2.09 bits per heavy atom. The maximum atomic E-state index is 12.2. The number of nitro groups is 1. The first-order chi connectivity index (χ1) is 10.7. The average molecular weight is 319 g/mol. The highest BCUT2D eigenvalue weighted by atomic mass is 16.6. The van der Waals surface area contributed by atoms with Crippen molar-refractivity contribution in [2.45, 2.75) is 32.8 Å². The highest BCUT2D eigenvalue weighted by Gasteiger charge is 2.27. The van der Waals surface area contributed by atoms with Crippen molar-refractivity contribution in [2.75, 3.05) is 18.8 Å². The lowest BCUT2D eigenvalue weighted by Crippen LogP contribution is -2.39. The van der Waals surface area contributed by atoms with Crippen LogP contribution in [-0.4, -0.2) is 34.6 Å². The molecule has 0 saturated carbocycles. The molecular formula is C16H21N3O4. The van der Waals surface area contributed by atoms with Crippen LogP contribution in [0.3, 0.4) is 0 Å². The van der Waals surface area contributed by atoms with Crippen molar-refractivity contribution in [1.29, 1.82) is 0 Å². The summed E-state index contributed by atoms with van der Waals surface area (Å²) in [5.74, 6) is 0. The number of nitro benzene ring substituents is 1. The van der Waals surface area contributed by atoms with Crippen molar-refractivity contribution in [3.05, 3.63) is 40.0 Å². The van der Waals surface area contributed by atoms with Gasteiger partial charge in [-0.05, 0) is 44.9 Å². The quantitative estimate of drug-likeness (QED) is 0.512. The minimum absolute atomic E-state index is 0.0534. The van der Waals surface area contributed by atoms with Crippen LogP contribution in [0.1, 0.15) is 32.8 Å². The number of nitrogens with zero attached hydrogens (tertiary/aromatic N) is 2. The van der Waals surface area contributed by atoms with Crippen molar-refractivity contribution in [2.24, 2.45) is 0 Å². The average Bonchev–Trinajstić information content (AvgIpc) is 2.45. The van der Waals surface area contributed by atoms with Gasteiger partial charge in [0.15, 0.2) is 0 Å². The van der Waals surface area contributed by atoms with Crippen LogP contribution < -0.4 is 5.73 Å². The molecule has 0 spiro atoms. The van der Waals surface area contributed by atoms with E-state index in [1.165, 1.54) is 6.07 Å². The largest absolute Gasteiger partial charge is 0.444 e. The molecule has 2 N–H and O–H groups in total. The summed E-state index contributed by atoms with van der Waals surface area (Å²) >= 11 is 0. The van der Waals surface area contributed by atoms with Crippen molar-refractivity contribution in [3.8, 4) is 0 Å². The van der Waals surface area contributed by atoms with Crippen LogP contribution in [0.5, 0.6) is 0 Å². The molecule has 1 aliphatic heterocycles. The van der Waals surface area contributed by atoms with E-state index in [0.29, 0.717) is 24.2 Å². The zero-order chi connectivity index (χ0) is 17.2. The monoisotopic (exact) mass is 319 g/mol. The van der Waals surface area contributed by atoms with Crippen molar-refractivity contribution in [1.82, 2.24) is 4.90 Å². The number of carbonyl (C=O) groups excluding carboxylic acids is 1. The second kappa shape index (κ2) is 6.28. The number of carbonyl (C=O) groups is 1. The van der Waals surface area contributed by atoms with E-state index >= 15 is 0 Å². The number of nitrogen functional groups attached to an aromatic ring is 1. The molecule has 2 rings (SSSR count). The molecule has 0 unspecified atom stereocenters. The molecule has 1 heterocycles. The molecule has 0 bridgehead atoms. The predicted octanol–water partition coefficient (Wildman–Crippen LogP) is 3.20. The Labute approximate surface area is 134 Å². The van der Waals surface area contributed by atoms with E-state index in [-0.39, 0.29) is 12.2 Å². The Bertz CT molecular complexity index is 662. The second-order valence-electron chi connectivity index (χ2n) is 6.45. The van der Waals surface area contributed by atoms with Crippen LogP contribution in [0.2, 0.25) is 0 Å². The lowest BCUT2D eigenvalue weighted by atomic mass is 9.99. The number of rotatable bonds is 2. The number of hydrogen-bond acceptors (Lipinski definition) is 5. The first kappa shape index (κ1) is 16.8. The van der Waals surface area contributed by atoms with E-state index in [1.807, 2.05) is 6.08 Å². The number of benzene rings is 1. The SMILES string of the molecule is CC(C)(C)OC(=O)N1CCC=C(c2ccc(N)cc2[N+](=O)[O-])C1. The van der Waals surface area contributed by atoms with Gasteiger partial charge in [-0.3, -0.25) is 10.1 Å². The highest BCUT2D eigenvalue weighted by molar-refractivity contribution is 5.79. The molecule has 0 aromatic heterocycles. The molecule has 0 fully saturated rings. The highest BCUT2D eigenvalue weighted by Crippen LogP contribution is 2.31. The minimum atomic E-state index is -0.578. The molecule has 1 aliphatic rings. The van der Waals surface area contributed by atoms with E-state index in [4.69, 9.17) is 10.5 Å². The number of hydrogen-bond donors (Lipinski definition) is 1. The van der Waals surface area contributed by atoms with E-state index in [2.05, 4.69) is 0 Å². The summed E-state index contributed by atoms with van der Waals surface area (Å²) in [6.45, 7) is 6.21. The second-order valence-corrected chi connectivity index (χ2v) is 6.45. The molecule has 124 valence electrons. The Morgan fingerprint density at radius 1 is 1.39 bits per heavy atom. The first-order valence-electron chi connectivity index (χ1n) is 7.38. The van der Waals surface area contributed by atoms with Gasteiger partial charge < -0.3 is 15.4 Å². The van der Waals surface area contributed by atoms with Gasteiger partial charge in [0.2, 0.25) is 0 Å². The molecule has 1 amide bonds. The standard InChI is InChI=1S/C16H21N3O4/c1-16(2,3)23-15(20)18-8-4-5-11(10-18)13-7-6-12(17)9-14(13)19(21)22/h5-7,9H,4,8,10,17H2,1-3H3. The molecule has 0 aliphatic carbocycles. The van der Waals surface area contributed by atoms with Gasteiger partial charge in [0, 0.05) is 24.8 Å². The maximum Gasteiger partial charge on any atom is 0.410 e. The Kier molecular flexibility index (Phi) is 4.58. The maximum absolute atomic E-state index is 12.2. The first-order valence-corrected chi connectivity index (χ1v) is 7.38. The van der Waals surface area contributed by atoms with Gasteiger partial charge in [0.05, 0.1) is 10.5 Å². The van der Waals surface area contributed by atoms with Crippen molar-refractivity contribution in [3.63, 3.8) is 0 Å². The molecule has 1 aromatic carbocycles. The van der Waals surface area contributed by atoms with Crippen LogP contribution in [0.25, 0.3) is 5.57 Å². The fourth-order valence-corrected chi connectivity index (χ4v) is 2.39. The lowest BCUT2D eigenvalue weighted by Gasteiger charge is -2.30. The van der Waals surface area contributed by atoms with Gasteiger partial charge in [-0.25, -0.2) is 4.79 Å². The van der Waals surface area contributed by atoms with Crippen LogP contribution in [-0.2, 0) is 4.74 Å². The molecule has 0 radical (unpaired) electrons. The Hall–Kier alpha value is -2.57. The number of anilines is 1. The number of amides is 1. The molecule has 7 nitrogen and oxygen atoms in total. The van der Waals surface area contributed by atoms with E-state index in [1.54, 1.807) is 37.8 Å². The summed E-state index contributed by atoms with van der Waals surface area (Å²) in [6.07, 6.45) is 2.12. The smallest absolute Gasteiger partial charge is 0.410 e. The predicted molar refractivity (Wildman–Crippen MR) is 87.9 cm³/mol. The van der Waals surface area contributed by atoms with Gasteiger partial charge >= 0.3 is 6.09 Å². The Balaban J connectivity index is 2.24. The summed E-state index contributed by atoms with van der Waals surface area (Å²) in [5, 5.41) is 11.2. The number of nitrogens with two attached hydrogens (primary N) is 1. The summed E-state index contributed by atoms with van der Waals surface area (Å²) in [6, 6.07) is 4.58. The topological polar surface area (TPSA) is 98.7 Å². The summed E-state index contributed by atoms with van der Waals surface area (Å²) in [4.78, 5) is 24.5. The van der Waals surface area contributed by atoms with Crippen LogP contribution in [0.15, 0.2) is 24.3 Å². The fraction of sp³-hybridized carbons (Fsp3) is 0.438. The van der Waals surface area contributed by atoms with E-state index < -0.39 is 16.6 Å². The molecule has 0 saturated heterocycles. The van der Waals surface area contributed by atoms with Crippen LogP contribution >= 0.6 is 0 Å². The summed E-state index contributed by atoms with van der Waals surface area (Å²) in [5.41, 5.74) is 6.55. The van der Waals surface area contributed by atoms with Crippen molar-refractivity contribution >= 4 is 23.0 Å². The van der Waals surface area contributed by atoms with Gasteiger partial charge in [-0.2, -0.15) is 0 Å². The normalized spacial score (nSPS) is 15.1. The molecule has 23 heavy (non-hydrogen) atoms. The third-order valence-corrected chi connectivity index (χ3v) is 3.37. The van der Waals surface area contributed by atoms with Gasteiger partial charge in [0.1, 0.15) is 5.60 Å². The van der Waals surface area contributed by atoms with Crippen molar-refractivity contribution < 1.29 is 14.5 Å². The minimum Gasteiger partial charge on any atom is -0.444 e. The van der Waals surface area contributed by atoms with Gasteiger partial charge in [0.25, 0.3) is 5.69 Å². The third-order valence-electron chi connectivity index (χ3n) is 3.37. The van der Waals surface area contributed by atoms with Gasteiger partial charge in [-0.15, -0.1) is 0 Å². The molecule has 0 atom stereocenters. The van der Waals surface area contributed by atoms with Crippen LogP contribution in [0.4, 0.5) is 16.2 Å². The third kappa shape index (κ3) is 4.21. The Morgan fingerprint density at radius 3 is 2.70 bits per heavy atom. The van der Waals surface area contributed by atoms with E-state index in [9.17, 15) is 14.9 Å². The zero-order valence-corrected chi connectivity index (χ0v) is 13.5. The number of ether oxygens (including phenoxy) is 1.